The van der Waals surface area contributed by atoms with E-state index >= 15 is 0 Å². The van der Waals surface area contributed by atoms with E-state index in [0.29, 0.717) is 42.0 Å². The maximum Gasteiger partial charge on any atom is 0.303 e. The molecule has 0 aromatic heterocycles. The van der Waals surface area contributed by atoms with E-state index in [-0.39, 0.29) is 23.3 Å². The molecule has 1 N–H and O–H groups in total. The number of benzene rings is 3. The first-order valence-corrected chi connectivity index (χ1v) is 22.3. The van der Waals surface area contributed by atoms with Gasteiger partial charge in [-0.25, -0.2) is 4.39 Å². The fourth-order valence-electron chi connectivity index (χ4n) is 8.36. The Labute approximate surface area is 346 Å². The van der Waals surface area contributed by atoms with Crippen LogP contribution in [0.5, 0.6) is 11.5 Å². The molecule has 3 aromatic rings. The van der Waals surface area contributed by atoms with Crippen LogP contribution in [0.15, 0.2) is 60.7 Å². The fourth-order valence-corrected chi connectivity index (χ4v) is 8.62. The number of hydrogen-bond donors (Lipinski definition) is 1. The maximum atomic E-state index is 14.6. The van der Waals surface area contributed by atoms with Crippen molar-refractivity contribution in [2.75, 3.05) is 43.2 Å². The van der Waals surface area contributed by atoms with E-state index in [1.54, 1.807) is 18.1 Å². The molecule has 3 aromatic carbocycles. The molecular weight excluding hydrogens is 739 g/mol. The van der Waals surface area contributed by atoms with E-state index in [9.17, 15) is 19.1 Å². The lowest BCUT2D eigenvalue weighted by atomic mass is 9.91. The van der Waals surface area contributed by atoms with Gasteiger partial charge in [0.25, 0.3) is 5.91 Å². The quantitative estimate of drug-likeness (QED) is 0.0814. The Morgan fingerprint density at radius 2 is 1.47 bits per heavy atom. The Morgan fingerprint density at radius 1 is 0.825 bits per heavy atom. The van der Waals surface area contributed by atoms with Crippen molar-refractivity contribution in [1.82, 2.24) is 0 Å². The zero-order chi connectivity index (χ0) is 40.4. The summed E-state index contributed by atoms with van der Waals surface area (Å²) < 4.78 is 26.1. The molecule has 1 saturated carbocycles. The molecule has 7 nitrogen and oxygen atoms in total. The molecule has 9 heteroatoms. The minimum Gasteiger partial charge on any atom is -0.497 e. The number of rotatable bonds is 26. The Morgan fingerprint density at radius 3 is 2.07 bits per heavy atom. The van der Waals surface area contributed by atoms with Crippen LogP contribution in [0.2, 0.25) is 5.02 Å². The number of unbranched alkanes of at least 4 members (excludes halogenated alkanes) is 13. The van der Waals surface area contributed by atoms with Crippen molar-refractivity contribution >= 4 is 34.9 Å². The molecule has 1 heterocycles. The van der Waals surface area contributed by atoms with Crippen LogP contribution in [0.4, 0.5) is 15.8 Å². The fraction of sp³-hybridized carbons (Fsp3) is 0.583. The smallest absolute Gasteiger partial charge is 0.303 e. The monoisotopic (exact) mass is 804 g/mol. The van der Waals surface area contributed by atoms with Crippen LogP contribution < -0.4 is 19.3 Å². The molecule has 0 bridgehead atoms. The average Bonchev–Trinajstić information content (AvgIpc) is 4.07. The van der Waals surface area contributed by atoms with Gasteiger partial charge in [0.2, 0.25) is 0 Å². The van der Waals surface area contributed by atoms with E-state index in [2.05, 4.69) is 11.8 Å². The van der Waals surface area contributed by atoms with Gasteiger partial charge in [0.05, 0.1) is 42.1 Å². The van der Waals surface area contributed by atoms with Crippen LogP contribution in [0, 0.1) is 17.7 Å². The van der Waals surface area contributed by atoms with Crippen molar-refractivity contribution in [3.63, 3.8) is 0 Å². The van der Waals surface area contributed by atoms with Crippen molar-refractivity contribution < 1.29 is 28.6 Å². The molecule has 5 rings (SSSR count). The van der Waals surface area contributed by atoms with Crippen LogP contribution in [0.25, 0.3) is 0 Å². The van der Waals surface area contributed by atoms with Gasteiger partial charge < -0.3 is 24.4 Å². The number of carbonyl (C=O) groups excluding carboxylic acids is 1. The summed E-state index contributed by atoms with van der Waals surface area (Å²) in [6, 6.07) is 17.8. The van der Waals surface area contributed by atoms with Crippen molar-refractivity contribution in [2.45, 2.75) is 135 Å². The molecule has 312 valence electrons. The first-order chi connectivity index (χ1) is 27.8. The van der Waals surface area contributed by atoms with Gasteiger partial charge in [0.1, 0.15) is 17.3 Å². The van der Waals surface area contributed by atoms with Crippen molar-refractivity contribution in [3.8, 4) is 11.5 Å². The first kappa shape index (κ1) is 44.3. The standard InChI is InChI=1S/C48H66ClFN2O5/c1-3-4-5-6-7-8-9-10-11-12-13-14-15-16-28-52(45-25-22-39(50)32-44(45)49)48(55)42-24-23-40(56-2)33-46(42)51-29-26-36(27-30-51)35-57-41-19-17-18-38(31-41)43(34-47(53)54)37-20-21-37/h17-19,22-25,31-33,36-37,43H,3-16,20-21,26-30,34-35H2,1-2H3,(H,53,54)/t43-/m0/s1. The van der Waals surface area contributed by atoms with E-state index < -0.39 is 11.8 Å². The number of hydrogen-bond acceptors (Lipinski definition) is 5. The highest BCUT2D eigenvalue weighted by Gasteiger charge is 2.34. The number of carboxylic acid groups (broad SMARTS) is 1. The normalized spacial score (nSPS) is 15.1. The van der Waals surface area contributed by atoms with Gasteiger partial charge >= 0.3 is 5.97 Å². The summed E-state index contributed by atoms with van der Waals surface area (Å²) in [4.78, 5) is 30.1. The summed E-state index contributed by atoms with van der Waals surface area (Å²) >= 11 is 6.61. The summed E-state index contributed by atoms with van der Waals surface area (Å²) in [5.74, 6) is 0.918. The second-order valence-corrected chi connectivity index (χ2v) is 16.8. The summed E-state index contributed by atoms with van der Waals surface area (Å²) in [5, 5.41) is 9.70. The summed E-state index contributed by atoms with van der Waals surface area (Å²) in [5.41, 5.74) is 2.95. The number of nitrogens with zero attached hydrogens (tertiary/aromatic N) is 2. The molecule has 57 heavy (non-hydrogen) atoms. The number of aliphatic carboxylic acids is 1. The number of ether oxygens (including phenoxy) is 2. The lowest BCUT2D eigenvalue weighted by Gasteiger charge is -2.35. The van der Waals surface area contributed by atoms with E-state index in [1.807, 2.05) is 42.5 Å². The van der Waals surface area contributed by atoms with Crippen LogP contribution in [-0.2, 0) is 4.79 Å². The molecule has 0 unspecified atom stereocenters. The predicted octanol–water partition coefficient (Wildman–Crippen LogP) is 12.9. The van der Waals surface area contributed by atoms with Crippen LogP contribution in [0.1, 0.15) is 151 Å². The largest absolute Gasteiger partial charge is 0.497 e. The van der Waals surface area contributed by atoms with Crippen molar-refractivity contribution in [2.24, 2.45) is 11.8 Å². The lowest BCUT2D eigenvalue weighted by molar-refractivity contribution is -0.137. The zero-order valence-electron chi connectivity index (χ0n) is 34.5. The molecule has 2 aliphatic rings. The van der Waals surface area contributed by atoms with Gasteiger partial charge in [-0.1, -0.05) is 114 Å². The Balaban J connectivity index is 1.16. The Hall–Kier alpha value is -3.78. The minimum atomic E-state index is -0.761. The molecule has 1 aliphatic carbocycles. The number of carboxylic acids is 1. The number of halogens is 2. The van der Waals surface area contributed by atoms with Gasteiger partial charge in [-0.05, 0) is 97.9 Å². The summed E-state index contributed by atoms with van der Waals surface area (Å²) in [7, 11) is 1.63. The predicted molar refractivity (Wildman–Crippen MR) is 231 cm³/mol. The molecule has 1 aliphatic heterocycles. The minimum absolute atomic E-state index is 0.0308. The number of amides is 1. The highest BCUT2D eigenvalue weighted by molar-refractivity contribution is 6.34. The van der Waals surface area contributed by atoms with Gasteiger partial charge in [0, 0.05) is 25.7 Å². The van der Waals surface area contributed by atoms with E-state index in [1.165, 1.54) is 82.8 Å². The van der Waals surface area contributed by atoms with Gasteiger partial charge in [-0.3, -0.25) is 9.59 Å². The topological polar surface area (TPSA) is 79.3 Å². The number of anilines is 2. The molecule has 1 saturated heterocycles. The third kappa shape index (κ3) is 14.2. The van der Waals surface area contributed by atoms with Gasteiger partial charge in [0.15, 0.2) is 0 Å². The highest BCUT2D eigenvalue weighted by atomic mass is 35.5. The summed E-state index contributed by atoms with van der Waals surface area (Å²) in [6.07, 6.45) is 21.6. The molecule has 1 atom stereocenters. The second-order valence-electron chi connectivity index (χ2n) is 16.4. The van der Waals surface area contributed by atoms with Gasteiger partial charge in [-0.2, -0.15) is 0 Å². The van der Waals surface area contributed by atoms with Crippen LogP contribution in [0.3, 0.4) is 0 Å². The number of piperidine rings is 1. The number of methoxy groups -OCH3 is 1. The Kier molecular flexibility index (Phi) is 18.3. The molecule has 0 radical (unpaired) electrons. The van der Waals surface area contributed by atoms with E-state index in [0.717, 1.165) is 75.0 Å². The summed E-state index contributed by atoms with van der Waals surface area (Å²) in [6.45, 7) is 4.83. The van der Waals surface area contributed by atoms with Crippen molar-refractivity contribution in [3.05, 3.63) is 82.6 Å². The zero-order valence-corrected chi connectivity index (χ0v) is 35.3. The average molecular weight is 806 g/mol. The lowest BCUT2D eigenvalue weighted by Crippen LogP contribution is -2.38. The van der Waals surface area contributed by atoms with Gasteiger partial charge in [-0.15, -0.1) is 0 Å². The van der Waals surface area contributed by atoms with E-state index in [4.69, 9.17) is 21.1 Å². The second kappa shape index (κ2) is 23.6. The molecule has 1 amide bonds. The van der Waals surface area contributed by atoms with Crippen LogP contribution in [-0.4, -0.2) is 50.3 Å². The number of carbonyl (C=O) groups is 2. The third-order valence-corrected chi connectivity index (χ3v) is 12.2. The molecule has 2 fully saturated rings. The molecular formula is C48H66ClFN2O5. The van der Waals surface area contributed by atoms with Crippen molar-refractivity contribution in [1.29, 1.82) is 0 Å². The SMILES string of the molecule is CCCCCCCCCCCCCCCCN(C(=O)c1ccc(OC)cc1N1CCC(COc2cccc([C@@H](CC(=O)O)C3CC3)c2)CC1)c1ccc(F)cc1Cl. The van der Waals surface area contributed by atoms with Crippen LogP contribution >= 0.6 is 11.6 Å². The third-order valence-electron chi connectivity index (χ3n) is 11.9. The Bertz CT molecular complexity index is 1690. The maximum absolute atomic E-state index is 14.6. The molecule has 0 spiro atoms. The highest BCUT2D eigenvalue weighted by Crippen LogP contribution is 2.45. The first-order valence-electron chi connectivity index (χ1n) is 21.9.